The van der Waals surface area contributed by atoms with E-state index in [1.165, 1.54) is 12.1 Å². The predicted molar refractivity (Wildman–Crippen MR) is 127 cm³/mol. The zero-order chi connectivity index (χ0) is 24.6. The molecule has 3 aromatic rings. The van der Waals surface area contributed by atoms with Crippen LogP contribution < -0.4 is 10.1 Å². The Bertz CT molecular complexity index is 1150. The van der Waals surface area contributed by atoms with Crippen molar-refractivity contribution in [3.8, 4) is 17.1 Å². The number of piperidine rings is 1. The highest BCUT2D eigenvalue weighted by Crippen LogP contribution is 2.27. The molecule has 0 radical (unpaired) electrons. The van der Waals surface area contributed by atoms with Crippen molar-refractivity contribution < 1.29 is 23.2 Å². The van der Waals surface area contributed by atoms with Gasteiger partial charge in [0.15, 0.2) is 0 Å². The van der Waals surface area contributed by atoms with E-state index in [1.807, 2.05) is 0 Å². The van der Waals surface area contributed by atoms with E-state index in [1.54, 1.807) is 41.3 Å². The van der Waals surface area contributed by atoms with Crippen LogP contribution in [0.1, 0.15) is 54.8 Å². The van der Waals surface area contributed by atoms with Gasteiger partial charge in [0.1, 0.15) is 11.6 Å². The molecule has 0 aliphatic carbocycles. The van der Waals surface area contributed by atoms with Crippen molar-refractivity contribution in [3.05, 3.63) is 65.8 Å². The second-order valence-corrected chi connectivity index (χ2v) is 8.55. The molecule has 2 heterocycles. The Morgan fingerprint density at radius 1 is 1.23 bits per heavy atom. The summed E-state index contributed by atoms with van der Waals surface area (Å²) in [6, 6.07) is 12.9. The maximum atomic E-state index is 13.5. The Kier molecular flexibility index (Phi) is 8.07. The van der Waals surface area contributed by atoms with Crippen molar-refractivity contribution in [2.45, 2.75) is 38.5 Å². The van der Waals surface area contributed by atoms with Gasteiger partial charge in [-0.05, 0) is 55.7 Å². The normalized spacial score (nSPS) is 15.6. The fraction of sp³-hybridized carbons (Fsp3) is 0.385. The second-order valence-electron chi connectivity index (χ2n) is 8.55. The van der Waals surface area contributed by atoms with E-state index in [-0.39, 0.29) is 30.1 Å². The Morgan fingerprint density at radius 3 is 2.83 bits per heavy atom. The molecule has 1 aliphatic rings. The van der Waals surface area contributed by atoms with Crippen LogP contribution in [0.5, 0.6) is 5.75 Å². The van der Waals surface area contributed by atoms with E-state index in [9.17, 15) is 14.0 Å². The number of hydrogen-bond donors (Lipinski definition) is 1. The molecule has 1 saturated heterocycles. The van der Waals surface area contributed by atoms with Gasteiger partial charge < -0.3 is 19.5 Å². The summed E-state index contributed by atoms with van der Waals surface area (Å²) in [5.74, 6) is 0.479. The molecule has 8 nitrogen and oxygen atoms in total. The topological polar surface area (TPSA) is 97.6 Å². The van der Waals surface area contributed by atoms with Gasteiger partial charge in [0.05, 0.1) is 19.1 Å². The lowest BCUT2D eigenvalue weighted by molar-refractivity contribution is -0.131. The van der Waals surface area contributed by atoms with Crippen LogP contribution >= 0.6 is 0 Å². The standard InChI is InChI=1S/C26H29FN4O4/c1-2-3-14-34-22-11-9-18(10-12-22)25(33)28-16-23(32)31-13-5-7-20(17-31)26-29-24(30-35-26)19-6-4-8-21(27)15-19/h4,6,8-12,15,20H,2-3,5,7,13-14,16-17H2,1H3,(H,28,33). The molecule has 0 spiro atoms. The summed E-state index contributed by atoms with van der Waals surface area (Å²) in [5.41, 5.74) is 1.000. The van der Waals surface area contributed by atoms with Gasteiger partial charge in [0.25, 0.3) is 5.91 Å². The molecule has 1 atom stereocenters. The number of nitrogens with one attached hydrogen (secondary N) is 1. The molecule has 184 valence electrons. The van der Waals surface area contributed by atoms with E-state index < -0.39 is 0 Å². The van der Waals surface area contributed by atoms with Crippen LogP contribution in [-0.4, -0.2) is 53.1 Å². The highest BCUT2D eigenvalue weighted by molar-refractivity contribution is 5.96. The summed E-state index contributed by atoms with van der Waals surface area (Å²) in [4.78, 5) is 31.3. The van der Waals surface area contributed by atoms with Gasteiger partial charge in [-0.25, -0.2) is 4.39 Å². The first kappa shape index (κ1) is 24.4. The van der Waals surface area contributed by atoms with E-state index in [0.29, 0.717) is 48.3 Å². The summed E-state index contributed by atoms with van der Waals surface area (Å²) in [5, 5.41) is 6.67. The van der Waals surface area contributed by atoms with Crippen LogP contribution in [0, 0.1) is 5.82 Å². The van der Waals surface area contributed by atoms with Crippen molar-refractivity contribution in [1.82, 2.24) is 20.4 Å². The van der Waals surface area contributed by atoms with Crippen LogP contribution in [0.25, 0.3) is 11.4 Å². The molecule has 9 heteroatoms. The first-order valence-corrected chi connectivity index (χ1v) is 11.9. The number of hydrogen-bond acceptors (Lipinski definition) is 6. The lowest BCUT2D eigenvalue weighted by Gasteiger charge is -2.31. The third-order valence-corrected chi connectivity index (χ3v) is 5.93. The van der Waals surface area contributed by atoms with E-state index >= 15 is 0 Å². The maximum Gasteiger partial charge on any atom is 0.251 e. The van der Waals surface area contributed by atoms with Crippen molar-refractivity contribution in [2.24, 2.45) is 0 Å². The van der Waals surface area contributed by atoms with Crippen LogP contribution in [0.2, 0.25) is 0 Å². The molecular formula is C26H29FN4O4. The molecule has 1 fully saturated rings. The van der Waals surface area contributed by atoms with Crippen LogP contribution in [0.4, 0.5) is 4.39 Å². The van der Waals surface area contributed by atoms with Crippen molar-refractivity contribution >= 4 is 11.8 Å². The number of unbranched alkanes of at least 4 members (excludes halogenated alkanes) is 1. The second kappa shape index (κ2) is 11.6. The predicted octanol–water partition coefficient (Wildman–Crippen LogP) is 4.19. The number of amides is 2. The fourth-order valence-electron chi connectivity index (χ4n) is 3.96. The highest BCUT2D eigenvalue weighted by Gasteiger charge is 2.29. The average molecular weight is 481 g/mol. The quantitative estimate of drug-likeness (QED) is 0.461. The number of halogens is 1. The summed E-state index contributed by atoms with van der Waals surface area (Å²) < 4.78 is 24.5. The fourth-order valence-corrected chi connectivity index (χ4v) is 3.96. The lowest BCUT2D eigenvalue weighted by Crippen LogP contribution is -2.44. The zero-order valence-electron chi connectivity index (χ0n) is 19.7. The molecule has 2 aromatic carbocycles. The SMILES string of the molecule is CCCCOc1ccc(C(=O)NCC(=O)N2CCCC(c3nc(-c4cccc(F)c4)no3)C2)cc1. The molecule has 0 saturated carbocycles. The maximum absolute atomic E-state index is 13.5. The summed E-state index contributed by atoms with van der Waals surface area (Å²) in [7, 11) is 0. The van der Waals surface area contributed by atoms with Gasteiger partial charge >= 0.3 is 0 Å². The van der Waals surface area contributed by atoms with Crippen LogP contribution in [-0.2, 0) is 4.79 Å². The minimum Gasteiger partial charge on any atom is -0.494 e. The largest absolute Gasteiger partial charge is 0.494 e. The molecule has 1 aromatic heterocycles. The Morgan fingerprint density at radius 2 is 2.06 bits per heavy atom. The molecule has 4 rings (SSSR count). The minimum absolute atomic E-state index is 0.0985. The Balaban J connectivity index is 1.29. The molecular weight excluding hydrogens is 451 g/mol. The molecule has 1 aliphatic heterocycles. The molecule has 0 bridgehead atoms. The van der Waals surface area contributed by atoms with E-state index in [2.05, 4.69) is 22.4 Å². The number of nitrogens with zero attached hydrogens (tertiary/aromatic N) is 3. The van der Waals surface area contributed by atoms with Crippen molar-refractivity contribution in [2.75, 3.05) is 26.2 Å². The molecule has 1 unspecified atom stereocenters. The number of aromatic nitrogens is 2. The number of carbonyl (C=O) groups is 2. The number of likely N-dealkylation sites (tertiary alicyclic amines) is 1. The van der Waals surface area contributed by atoms with Crippen LogP contribution in [0.15, 0.2) is 53.1 Å². The smallest absolute Gasteiger partial charge is 0.251 e. The highest BCUT2D eigenvalue weighted by atomic mass is 19.1. The van der Waals surface area contributed by atoms with Gasteiger partial charge in [0.2, 0.25) is 17.6 Å². The molecule has 2 amide bonds. The molecule has 1 N–H and O–H groups in total. The number of rotatable bonds is 9. The number of carbonyl (C=O) groups excluding carboxylic acids is 2. The first-order valence-electron chi connectivity index (χ1n) is 11.9. The number of benzene rings is 2. The lowest BCUT2D eigenvalue weighted by atomic mass is 9.98. The summed E-state index contributed by atoms with van der Waals surface area (Å²) in [6.07, 6.45) is 3.61. The summed E-state index contributed by atoms with van der Waals surface area (Å²) in [6.45, 7) is 3.66. The van der Waals surface area contributed by atoms with Crippen molar-refractivity contribution in [1.29, 1.82) is 0 Å². The van der Waals surface area contributed by atoms with Gasteiger partial charge in [-0.15, -0.1) is 0 Å². The minimum atomic E-state index is -0.374. The third-order valence-electron chi connectivity index (χ3n) is 5.93. The average Bonchev–Trinajstić information content (AvgIpc) is 3.38. The monoisotopic (exact) mass is 480 g/mol. The third kappa shape index (κ3) is 6.44. The Hall–Kier alpha value is -3.75. The van der Waals surface area contributed by atoms with E-state index in [0.717, 1.165) is 25.7 Å². The first-order chi connectivity index (χ1) is 17.0. The van der Waals surface area contributed by atoms with Gasteiger partial charge in [-0.3, -0.25) is 9.59 Å². The Labute approximate surface area is 203 Å². The zero-order valence-corrected chi connectivity index (χ0v) is 19.7. The van der Waals surface area contributed by atoms with Gasteiger partial charge in [-0.2, -0.15) is 4.98 Å². The van der Waals surface area contributed by atoms with Crippen molar-refractivity contribution in [3.63, 3.8) is 0 Å². The van der Waals surface area contributed by atoms with Crippen LogP contribution in [0.3, 0.4) is 0 Å². The van der Waals surface area contributed by atoms with Gasteiger partial charge in [-0.1, -0.05) is 30.6 Å². The number of ether oxygens (including phenoxy) is 1. The van der Waals surface area contributed by atoms with Gasteiger partial charge in [0, 0.05) is 24.2 Å². The van der Waals surface area contributed by atoms with E-state index in [4.69, 9.17) is 9.26 Å². The molecule has 35 heavy (non-hydrogen) atoms. The summed E-state index contributed by atoms with van der Waals surface area (Å²) >= 11 is 0.